The molecule has 1 saturated heterocycles. The highest BCUT2D eigenvalue weighted by Crippen LogP contribution is 2.20. The summed E-state index contributed by atoms with van der Waals surface area (Å²) in [5, 5.41) is 38.0. The van der Waals surface area contributed by atoms with Gasteiger partial charge in [-0.25, -0.2) is 0 Å². The van der Waals surface area contributed by atoms with Gasteiger partial charge in [0.05, 0.1) is 0 Å². The Kier molecular flexibility index (Phi) is 6.05. The van der Waals surface area contributed by atoms with Crippen molar-refractivity contribution in [2.75, 3.05) is 6.61 Å². The summed E-state index contributed by atoms with van der Waals surface area (Å²) in [4.78, 5) is 11.9. The second-order valence-electron chi connectivity index (χ2n) is 5.46. The minimum Gasteiger partial charge on any atom is -0.462 e. The first-order valence-corrected chi connectivity index (χ1v) is 7.24. The number of rotatable bonds is 5. The number of hydrogen-bond acceptors (Lipinski definition) is 8. The van der Waals surface area contributed by atoms with Crippen LogP contribution < -0.4 is 5.73 Å². The smallest absolute Gasteiger partial charge is 0.323 e. The fourth-order valence-electron chi connectivity index (χ4n) is 2.29. The number of hydrogen-bond donors (Lipinski definition) is 5. The van der Waals surface area contributed by atoms with Crippen LogP contribution in [0.15, 0.2) is 30.3 Å². The van der Waals surface area contributed by atoms with Gasteiger partial charge in [-0.15, -0.1) is 0 Å². The zero-order chi connectivity index (χ0) is 17.0. The number of esters is 1. The molecule has 1 aromatic rings. The molecule has 0 bridgehead atoms. The van der Waals surface area contributed by atoms with Crippen LogP contribution in [0.25, 0.3) is 0 Å². The van der Waals surface area contributed by atoms with E-state index in [1.807, 2.05) is 30.3 Å². The molecule has 0 spiro atoms. The van der Waals surface area contributed by atoms with Gasteiger partial charge in [-0.2, -0.15) is 0 Å². The second kappa shape index (κ2) is 7.82. The molecule has 1 aromatic carbocycles. The van der Waals surface area contributed by atoms with Crippen LogP contribution in [-0.2, 0) is 20.7 Å². The maximum absolute atomic E-state index is 11.9. The topological polar surface area (TPSA) is 142 Å². The van der Waals surface area contributed by atoms with Gasteiger partial charge in [0.25, 0.3) is 0 Å². The summed E-state index contributed by atoms with van der Waals surface area (Å²) in [6.07, 6.45) is -7.26. The lowest BCUT2D eigenvalue weighted by molar-refractivity contribution is -0.287. The Morgan fingerprint density at radius 2 is 1.78 bits per heavy atom. The Balaban J connectivity index is 1.84. The molecule has 128 valence electrons. The molecule has 1 heterocycles. The van der Waals surface area contributed by atoms with E-state index in [9.17, 15) is 25.2 Å². The highest BCUT2D eigenvalue weighted by Gasteiger charge is 2.43. The zero-order valence-electron chi connectivity index (χ0n) is 12.4. The number of carbonyl (C=O) groups is 1. The molecule has 1 aliphatic heterocycles. The highest BCUT2D eigenvalue weighted by atomic mass is 16.6. The third-order valence-electron chi connectivity index (χ3n) is 3.68. The van der Waals surface area contributed by atoms with Crippen LogP contribution in [0.5, 0.6) is 0 Å². The molecule has 1 unspecified atom stereocenters. The van der Waals surface area contributed by atoms with Crippen LogP contribution in [0.1, 0.15) is 5.56 Å². The van der Waals surface area contributed by atoms with E-state index in [0.717, 1.165) is 5.56 Å². The van der Waals surface area contributed by atoms with Gasteiger partial charge in [-0.3, -0.25) is 4.79 Å². The lowest BCUT2D eigenvalue weighted by Gasteiger charge is -2.37. The first-order valence-electron chi connectivity index (χ1n) is 7.24. The molecule has 0 saturated carbocycles. The molecule has 0 aliphatic carbocycles. The summed E-state index contributed by atoms with van der Waals surface area (Å²) in [6, 6.07) is 8.27. The van der Waals surface area contributed by atoms with Crippen molar-refractivity contribution in [3.8, 4) is 0 Å². The predicted molar refractivity (Wildman–Crippen MR) is 78.0 cm³/mol. The van der Waals surface area contributed by atoms with Crippen LogP contribution in [-0.4, -0.2) is 69.8 Å². The Bertz CT molecular complexity index is 512. The van der Waals surface area contributed by atoms with E-state index in [1.165, 1.54) is 0 Å². The molecule has 0 amide bonds. The molecule has 0 radical (unpaired) electrons. The third-order valence-corrected chi connectivity index (χ3v) is 3.68. The van der Waals surface area contributed by atoms with E-state index < -0.39 is 49.3 Å². The Morgan fingerprint density at radius 3 is 2.43 bits per heavy atom. The molecule has 6 atom stereocenters. The maximum atomic E-state index is 11.9. The summed E-state index contributed by atoms with van der Waals surface area (Å²) in [6.45, 7) is -0.399. The SMILES string of the molecule is N[C@@H](Cc1ccccc1)C(=O)OC[C@H]1OC(O)[C@H](O)[C@@H](O)[C@H]1O. The third kappa shape index (κ3) is 4.47. The monoisotopic (exact) mass is 327 g/mol. The van der Waals surface area contributed by atoms with Crippen molar-refractivity contribution in [1.29, 1.82) is 0 Å². The number of carbonyl (C=O) groups excluding carboxylic acids is 1. The van der Waals surface area contributed by atoms with Gasteiger partial charge in [-0.1, -0.05) is 30.3 Å². The molecule has 2 rings (SSSR count). The molecule has 8 heteroatoms. The highest BCUT2D eigenvalue weighted by molar-refractivity contribution is 5.75. The summed E-state index contributed by atoms with van der Waals surface area (Å²) in [5.41, 5.74) is 6.63. The number of ether oxygens (including phenoxy) is 2. The van der Waals surface area contributed by atoms with Gasteiger partial charge >= 0.3 is 5.97 Å². The van der Waals surface area contributed by atoms with Crippen molar-refractivity contribution in [2.24, 2.45) is 5.73 Å². The largest absolute Gasteiger partial charge is 0.462 e. The Hall–Kier alpha value is -1.55. The molecule has 1 aliphatic rings. The van der Waals surface area contributed by atoms with Gasteiger partial charge in [-0.05, 0) is 12.0 Å². The Morgan fingerprint density at radius 1 is 1.13 bits per heavy atom. The molecule has 6 N–H and O–H groups in total. The molecule has 0 aromatic heterocycles. The van der Waals surface area contributed by atoms with Crippen molar-refractivity contribution in [1.82, 2.24) is 0 Å². The van der Waals surface area contributed by atoms with E-state index in [2.05, 4.69) is 0 Å². The number of nitrogens with two attached hydrogens (primary N) is 1. The predicted octanol–water partition coefficient (Wildman–Crippen LogP) is -2.10. The van der Waals surface area contributed by atoms with Crippen LogP contribution in [0.3, 0.4) is 0 Å². The van der Waals surface area contributed by atoms with Crippen molar-refractivity contribution in [3.05, 3.63) is 35.9 Å². The normalized spacial score (nSPS) is 32.3. The van der Waals surface area contributed by atoms with Gasteiger partial charge in [0, 0.05) is 0 Å². The van der Waals surface area contributed by atoms with Crippen LogP contribution in [0, 0.1) is 0 Å². The second-order valence-corrected chi connectivity index (χ2v) is 5.46. The van der Waals surface area contributed by atoms with Crippen LogP contribution >= 0.6 is 0 Å². The van der Waals surface area contributed by atoms with Crippen molar-refractivity contribution in [2.45, 2.75) is 43.2 Å². The zero-order valence-corrected chi connectivity index (χ0v) is 12.4. The fraction of sp³-hybridized carbons (Fsp3) is 0.533. The Labute approximate surface area is 133 Å². The lowest BCUT2D eigenvalue weighted by Crippen LogP contribution is -2.58. The van der Waals surface area contributed by atoms with Crippen LogP contribution in [0.4, 0.5) is 0 Å². The standard InChI is InChI=1S/C15H21NO7/c16-9(6-8-4-2-1-3-5-8)14(20)22-7-10-11(17)12(18)13(19)15(21)23-10/h1-5,9-13,15,17-19,21H,6-7,16H2/t9-,10+,11-,12-,13+,15?/m0/s1. The minimum absolute atomic E-state index is 0.289. The van der Waals surface area contributed by atoms with E-state index >= 15 is 0 Å². The lowest BCUT2D eigenvalue weighted by atomic mass is 9.99. The molecular formula is C15H21NO7. The first-order chi connectivity index (χ1) is 10.9. The van der Waals surface area contributed by atoms with Crippen molar-refractivity contribution < 1.29 is 34.7 Å². The summed E-state index contributed by atoms with van der Waals surface area (Å²) >= 11 is 0. The maximum Gasteiger partial charge on any atom is 0.323 e. The van der Waals surface area contributed by atoms with Crippen molar-refractivity contribution >= 4 is 5.97 Å². The average molecular weight is 327 g/mol. The minimum atomic E-state index is -1.67. The molecular weight excluding hydrogens is 306 g/mol. The van der Waals surface area contributed by atoms with Crippen LogP contribution in [0.2, 0.25) is 0 Å². The molecule has 23 heavy (non-hydrogen) atoms. The van der Waals surface area contributed by atoms with E-state index in [1.54, 1.807) is 0 Å². The summed E-state index contributed by atoms with van der Waals surface area (Å²) in [5.74, 6) is -0.695. The quantitative estimate of drug-likeness (QED) is 0.387. The van der Waals surface area contributed by atoms with Gasteiger partial charge < -0.3 is 35.6 Å². The fourth-order valence-corrected chi connectivity index (χ4v) is 2.29. The number of aliphatic hydroxyl groups is 4. The van der Waals surface area contributed by atoms with Gasteiger partial charge in [0.15, 0.2) is 6.29 Å². The van der Waals surface area contributed by atoms with E-state index in [0.29, 0.717) is 0 Å². The van der Waals surface area contributed by atoms with Gasteiger partial charge in [0.2, 0.25) is 0 Å². The van der Waals surface area contributed by atoms with E-state index in [-0.39, 0.29) is 6.42 Å². The van der Waals surface area contributed by atoms with E-state index in [4.69, 9.17) is 15.2 Å². The number of aliphatic hydroxyl groups excluding tert-OH is 4. The average Bonchev–Trinajstić information content (AvgIpc) is 2.55. The molecule has 8 nitrogen and oxygen atoms in total. The van der Waals surface area contributed by atoms with Crippen molar-refractivity contribution in [3.63, 3.8) is 0 Å². The summed E-state index contributed by atoms with van der Waals surface area (Å²) in [7, 11) is 0. The van der Waals surface area contributed by atoms with Gasteiger partial charge in [0.1, 0.15) is 37.1 Å². The summed E-state index contributed by atoms with van der Waals surface area (Å²) < 4.78 is 9.87. The first kappa shape index (κ1) is 17.8. The number of benzene rings is 1. The molecule has 1 fully saturated rings.